The average molecular weight is 319 g/mol. The largest absolute Gasteiger partial charge is 0.493 e. The van der Waals surface area contributed by atoms with Crippen LogP contribution in [0.25, 0.3) is 0 Å². The average Bonchev–Trinajstić information content (AvgIpc) is 2.44. The lowest BCUT2D eigenvalue weighted by molar-refractivity contribution is -0.875. The number of aliphatic hydroxyl groups is 1. The van der Waals surface area contributed by atoms with Crippen LogP contribution in [0.5, 0.6) is 11.5 Å². The standard InChI is InChI=1S/C15H25ClN2O3/c1-11(10-19)21-15-8-13(16)12(7-14(15)20-4)9-17-5-6-18(2)3/h7-8,11,17,19H,5-6,9-10H2,1-4H3/p+2/t11-/m1/s1. The Morgan fingerprint density at radius 2 is 2.05 bits per heavy atom. The molecule has 5 nitrogen and oxygen atoms in total. The second kappa shape index (κ2) is 9.10. The molecule has 0 saturated heterocycles. The number of methoxy groups -OCH3 is 1. The third kappa shape index (κ3) is 6.09. The van der Waals surface area contributed by atoms with E-state index in [1.54, 1.807) is 20.1 Å². The van der Waals surface area contributed by atoms with Crippen molar-refractivity contribution >= 4 is 11.6 Å². The Bertz CT molecular complexity index is 441. The molecule has 0 saturated carbocycles. The number of nitrogens with one attached hydrogen (secondary N) is 1. The van der Waals surface area contributed by atoms with Crippen molar-refractivity contribution in [2.24, 2.45) is 0 Å². The van der Waals surface area contributed by atoms with Gasteiger partial charge in [0.25, 0.3) is 0 Å². The summed E-state index contributed by atoms with van der Waals surface area (Å²) in [6, 6.07) is 3.66. The zero-order valence-electron chi connectivity index (χ0n) is 13.3. The Morgan fingerprint density at radius 1 is 1.33 bits per heavy atom. The van der Waals surface area contributed by atoms with Gasteiger partial charge in [-0.1, -0.05) is 11.6 Å². The summed E-state index contributed by atoms with van der Waals surface area (Å²) in [5, 5.41) is 11.9. The molecule has 0 spiro atoms. The maximum Gasteiger partial charge on any atom is 0.163 e. The van der Waals surface area contributed by atoms with Gasteiger partial charge in [0.15, 0.2) is 11.5 Å². The van der Waals surface area contributed by atoms with Crippen molar-refractivity contribution in [2.45, 2.75) is 19.6 Å². The molecule has 0 amide bonds. The maximum atomic E-state index is 9.07. The predicted octanol–water partition coefficient (Wildman–Crippen LogP) is -0.684. The van der Waals surface area contributed by atoms with Crippen molar-refractivity contribution in [2.75, 3.05) is 40.9 Å². The first kappa shape index (κ1) is 18.0. The molecule has 4 N–H and O–H groups in total. The van der Waals surface area contributed by atoms with Crippen molar-refractivity contribution < 1.29 is 24.8 Å². The zero-order chi connectivity index (χ0) is 15.8. The number of hydrogen-bond acceptors (Lipinski definition) is 3. The number of ether oxygens (including phenoxy) is 2. The number of hydrogen-bond donors (Lipinski definition) is 3. The summed E-state index contributed by atoms with van der Waals surface area (Å²) >= 11 is 6.30. The molecule has 0 bridgehead atoms. The van der Waals surface area contributed by atoms with Crippen LogP contribution in [0.15, 0.2) is 12.1 Å². The first-order valence-electron chi connectivity index (χ1n) is 7.22. The number of likely N-dealkylation sites (N-methyl/N-ethyl adjacent to an activating group) is 1. The van der Waals surface area contributed by atoms with E-state index in [1.165, 1.54) is 4.90 Å². The summed E-state index contributed by atoms with van der Waals surface area (Å²) in [5.74, 6) is 1.20. The van der Waals surface area contributed by atoms with Crippen molar-refractivity contribution in [1.29, 1.82) is 0 Å². The number of halogens is 1. The lowest BCUT2D eigenvalue weighted by atomic mass is 10.2. The van der Waals surface area contributed by atoms with E-state index in [9.17, 15) is 0 Å². The molecule has 21 heavy (non-hydrogen) atoms. The Balaban J connectivity index is 2.73. The highest BCUT2D eigenvalue weighted by Gasteiger charge is 2.14. The van der Waals surface area contributed by atoms with Crippen LogP contribution < -0.4 is 19.7 Å². The van der Waals surface area contributed by atoms with Crippen LogP contribution in [0.3, 0.4) is 0 Å². The number of quaternary nitrogens is 2. The lowest BCUT2D eigenvalue weighted by Gasteiger charge is -2.16. The van der Waals surface area contributed by atoms with Crippen LogP contribution in [0.4, 0.5) is 0 Å². The summed E-state index contributed by atoms with van der Waals surface area (Å²) in [4.78, 5) is 1.43. The van der Waals surface area contributed by atoms with Crippen molar-refractivity contribution in [3.8, 4) is 11.5 Å². The fourth-order valence-corrected chi connectivity index (χ4v) is 2.12. The van der Waals surface area contributed by atoms with Gasteiger partial charge in [-0.3, -0.25) is 0 Å². The molecule has 0 heterocycles. The minimum atomic E-state index is -0.296. The van der Waals surface area contributed by atoms with Crippen molar-refractivity contribution in [3.63, 3.8) is 0 Å². The molecule has 0 unspecified atom stereocenters. The third-order valence-corrected chi connectivity index (χ3v) is 3.48. The van der Waals surface area contributed by atoms with Gasteiger partial charge in [-0.25, -0.2) is 0 Å². The van der Waals surface area contributed by atoms with E-state index in [-0.39, 0.29) is 12.7 Å². The van der Waals surface area contributed by atoms with Crippen LogP contribution in [0.2, 0.25) is 5.02 Å². The highest BCUT2D eigenvalue weighted by molar-refractivity contribution is 6.31. The molecular weight excluding hydrogens is 292 g/mol. The molecule has 1 rings (SSSR count). The van der Waals surface area contributed by atoms with E-state index in [0.717, 1.165) is 25.2 Å². The van der Waals surface area contributed by atoms with Gasteiger partial charge in [-0.05, 0) is 13.0 Å². The lowest BCUT2D eigenvalue weighted by Crippen LogP contribution is -3.09. The predicted molar refractivity (Wildman–Crippen MR) is 83.4 cm³/mol. The quantitative estimate of drug-likeness (QED) is 0.529. The van der Waals surface area contributed by atoms with Crippen LogP contribution in [-0.4, -0.2) is 52.1 Å². The molecule has 0 aliphatic rings. The first-order valence-corrected chi connectivity index (χ1v) is 7.60. The highest BCUT2D eigenvalue weighted by atomic mass is 35.5. The molecule has 0 radical (unpaired) electrons. The highest BCUT2D eigenvalue weighted by Crippen LogP contribution is 2.33. The van der Waals surface area contributed by atoms with Gasteiger partial charge in [0.2, 0.25) is 0 Å². The molecule has 0 fully saturated rings. The van der Waals surface area contributed by atoms with Gasteiger partial charge in [0.1, 0.15) is 25.7 Å². The minimum Gasteiger partial charge on any atom is -0.493 e. The molecule has 6 heteroatoms. The molecular formula is C15H27ClN2O3+2. The first-order chi connectivity index (χ1) is 9.97. The summed E-state index contributed by atoms with van der Waals surface area (Å²) in [5.41, 5.74) is 1.02. The third-order valence-electron chi connectivity index (χ3n) is 3.13. The Labute approximate surface area is 131 Å². The zero-order valence-corrected chi connectivity index (χ0v) is 14.0. The number of aliphatic hydroxyl groups excluding tert-OH is 1. The SMILES string of the molecule is COc1cc(C[NH2+]CC[NH+](C)C)c(Cl)cc1O[C@H](C)CO. The summed E-state index contributed by atoms with van der Waals surface area (Å²) in [6.07, 6.45) is -0.296. The topological polar surface area (TPSA) is 59.7 Å². The Morgan fingerprint density at radius 3 is 2.62 bits per heavy atom. The smallest absolute Gasteiger partial charge is 0.163 e. The molecule has 0 aliphatic carbocycles. The fraction of sp³-hybridized carbons (Fsp3) is 0.600. The van der Waals surface area contributed by atoms with Crippen LogP contribution in [-0.2, 0) is 6.54 Å². The number of rotatable bonds is 9. The van der Waals surface area contributed by atoms with Gasteiger partial charge in [0.05, 0.1) is 32.8 Å². The van der Waals surface area contributed by atoms with Gasteiger partial charge in [-0.15, -0.1) is 0 Å². The second-order valence-corrected chi connectivity index (χ2v) is 5.85. The molecule has 0 aromatic heterocycles. The van der Waals surface area contributed by atoms with E-state index < -0.39 is 0 Å². The van der Waals surface area contributed by atoms with Crippen molar-refractivity contribution in [1.82, 2.24) is 0 Å². The minimum absolute atomic E-state index is 0.0524. The molecule has 0 aliphatic heterocycles. The van der Waals surface area contributed by atoms with Gasteiger partial charge in [0, 0.05) is 11.6 Å². The van der Waals surface area contributed by atoms with E-state index in [1.807, 2.05) is 6.07 Å². The maximum absolute atomic E-state index is 9.07. The van der Waals surface area contributed by atoms with E-state index in [0.29, 0.717) is 16.5 Å². The van der Waals surface area contributed by atoms with Crippen LogP contribution in [0.1, 0.15) is 12.5 Å². The molecule has 1 atom stereocenters. The van der Waals surface area contributed by atoms with Crippen LogP contribution >= 0.6 is 11.6 Å². The normalized spacial score (nSPS) is 12.5. The fourth-order valence-electron chi connectivity index (χ4n) is 1.89. The Hall–Kier alpha value is -1.01. The Kier molecular flexibility index (Phi) is 7.82. The molecule has 1 aromatic rings. The van der Waals surface area contributed by atoms with Crippen LogP contribution in [0, 0.1) is 0 Å². The monoisotopic (exact) mass is 318 g/mol. The van der Waals surface area contributed by atoms with Crippen molar-refractivity contribution in [3.05, 3.63) is 22.7 Å². The molecule has 120 valence electrons. The van der Waals surface area contributed by atoms with Gasteiger partial charge >= 0.3 is 0 Å². The number of benzene rings is 1. The summed E-state index contributed by atoms with van der Waals surface area (Å²) < 4.78 is 11.0. The number of nitrogens with two attached hydrogens (primary N) is 1. The summed E-state index contributed by atoms with van der Waals surface area (Å²) in [7, 11) is 5.87. The summed E-state index contributed by atoms with van der Waals surface area (Å²) in [6.45, 7) is 4.69. The van der Waals surface area contributed by atoms with E-state index in [4.69, 9.17) is 26.2 Å². The molecule has 1 aromatic carbocycles. The second-order valence-electron chi connectivity index (χ2n) is 5.44. The van der Waals surface area contributed by atoms with Gasteiger partial charge < -0.3 is 24.8 Å². The van der Waals surface area contributed by atoms with Gasteiger partial charge in [-0.2, -0.15) is 0 Å². The van der Waals surface area contributed by atoms with E-state index in [2.05, 4.69) is 19.4 Å². The van der Waals surface area contributed by atoms with E-state index >= 15 is 0 Å².